The van der Waals surface area contributed by atoms with E-state index in [9.17, 15) is 0 Å². The predicted molar refractivity (Wildman–Crippen MR) is 51.3 cm³/mol. The molecule has 0 fully saturated rings. The van der Waals surface area contributed by atoms with Gasteiger partial charge < -0.3 is 10.4 Å². The molecule has 4 nitrogen and oxygen atoms in total. The summed E-state index contributed by atoms with van der Waals surface area (Å²) in [5.74, 6) is 0. The normalized spacial score (nSPS) is 13.2. The Labute approximate surface area is 78.6 Å². The van der Waals surface area contributed by atoms with E-state index >= 15 is 0 Å². The van der Waals surface area contributed by atoms with Crippen molar-refractivity contribution in [1.29, 1.82) is 0 Å². The molecule has 13 heavy (non-hydrogen) atoms. The summed E-state index contributed by atoms with van der Waals surface area (Å²) in [7, 11) is 1.92. The minimum Gasteiger partial charge on any atom is -0.395 e. The summed E-state index contributed by atoms with van der Waals surface area (Å²) >= 11 is 0. The number of aryl methyl sites for hydroxylation is 1. The van der Waals surface area contributed by atoms with Crippen molar-refractivity contribution in [2.75, 3.05) is 6.61 Å². The Morgan fingerprint density at radius 1 is 1.69 bits per heavy atom. The molecule has 1 heterocycles. The molecule has 0 amide bonds. The number of rotatable bonds is 4. The Kier molecular flexibility index (Phi) is 3.45. The average molecular weight is 183 g/mol. The highest BCUT2D eigenvalue weighted by atomic mass is 16.3. The smallest absolute Gasteiger partial charge is 0.0582 e. The van der Waals surface area contributed by atoms with Gasteiger partial charge in [0.05, 0.1) is 12.8 Å². The van der Waals surface area contributed by atoms with Gasteiger partial charge in [0.25, 0.3) is 0 Å². The minimum absolute atomic E-state index is 0.139. The maximum absolute atomic E-state index is 8.80. The van der Waals surface area contributed by atoms with Crippen molar-refractivity contribution >= 4 is 0 Å². The van der Waals surface area contributed by atoms with Crippen molar-refractivity contribution in [2.45, 2.75) is 26.4 Å². The first-order chi connectivity index (χ1) is 6.15. The Morgan fingerprint density at radius 2 is 2.38 bits per heavy atom. The largest absolute Gasteiger partial charge is 0.395 e. The monoisotopic (exact) mass is 183 g/mol. The molecule has 0 aromatic carbocycles. The molecule has 4 heteroatoms. The molecule has 0 saturated carbocycles. The van der Waals surface area contributed by atoms with E-state index in [-0.39, 0.29) is 12.6 Å². The Hall–Kier alpha value is -0.870. The second-order valence-corrected chi connectivity index (χ2v) is 3.34. The standard InChI is InChI=1S/C9H17N3O/c1-7(6-13)10-4-9-5-11-12(3)8(9)2/h5,7,10,13H,4,6H2,1-3H3. The molecule has 0 saturated heterocycles. The Bertz CT molecular complexity index is 270. The molecule has 1 rings (SSSR count). The number of aliphatic hydroxyl groups is 1. The van der Waals surface area contributed by atoms with Gasteiger partial charge in [0.15, 0.2) is 0 Å². The zero-order chi connectivity index (χ0) is 9.84. The lowest BCUT2D eigenvalue weighted by molar-refractivity contribution is 0.251. The van der Waals surface area contributed by atoms with E-state index in [1.165, 1.54) is 5.56 Å². The van der Waals surface area contributed by atoms with Gasteiger partial charge in [-0.05, 0) is 13.8 Å². The molecule has 1 aromatic heterocycles. The molecule has 0 bridgehead atoms. The van der Waals surface area contributed by atoms with Crippen molar-refractivity contribution in [3.05, 3.63) is 17.5 Å². The topological polar surface area (TPSA) is 50.1 Å². The maximum Gasteiger partial charge on any atom is 0.0582 e. The van der Waals surface area contributed by atoms with Crippen LogP contribution in [0, 0.1) is 6.92 Å². The van der Waals surface area contributed by atoms with Gasteiger partial charge in [-0.1, -0.05) is 0 Å². The first-order valence-corrected chi connectivity index (χ1v) is 4.47. The zero-order valence-corrected chi connectivity index (χ0v) is 8.41. The summed E-state index contributed by atoms with van der Waals surface area (Å²) in [6.07, 6.45) is 1.85. The summed E-state index contributed by atoms with van der Waals surface area (Å²) in [5.41, 5.74) is 2.35. The van der Waals surface area contributed by atoms with Gasteiger partial charge >= 0.3 is 0 Å². The number of aliphatic hydroxyl groups excluding tert-OH is 1. The number of nitrogens with zero attached hydrogens (tertiary/aromatic N) is 2. The molecule has 0 aliphatic carbocycles. The lowest BCUT2D eigenvalue weighted by Crippen LogP contribution is -2.28. The second kappa shape index (κ2) is 4.39. The number of aromatic nitrogens is 2. The highest BCUT2D eigenvalue weighted by Crippen LogP contribution is 2.04. The summed E-state index contributed by atoms with van der Waals surface area (Å²) in [6, 6.07) is 0.139. The van der Waals surface area contributed by atoms with E-state index in [2.05, 4.69) is 10.4 Å². The fraction of sp³-hybridized carbons (Fsp3) is 0.667. The van der Waals surface area contributed by atoms with Crippen LogP contribution in [0.1, 0.15) is 18.2 Å². The second-order valence-electron chi connectivity index (χ2n) is 3.34. The fourth-order valence-electron chi connectivity index (χ4n) is 1.07. The molecule has 1 aromatic rings. The van der Waals surface area contributed by atoms with E-state index in [0.29, 0.717) is 0 Å². The predicted octanol–water partition coefficient (Wildman–Crippen LogP) is 0.199. The van der Waals surface area contributed by atoms with Crippen LogP contribution >= 0.6 is 0 Å². The Balaban J connectivity index is 2.50. The minimum atomic E-state index is 0.139. The summed E-state index contributed by atoms with van der Waals surface area (Å²) in [4.78, 5) is 0. The third-order valence-electron chi connectivity index (χ3n) is 2.25. The van der Waals surface area contributed by atoms with E-state index in [0.717, 1.165) is 12.2 Å². The molecular weight excluding hydrogens is 166 g/mol. The van der Waals surface area contributed by atoms with E-state index in [1.807, 2.05) is 31.8 Å². The lowest BCUT2D eigenvalue weighted by atomic mass is 10.2. The molecule has 0 spiro atoms. The third-order valence-corrected chi connectivity index (χ3v) is 2.25. The van der Waals surface area contributed by atoms with Crippen molar-refractivity contribution in [3.63, 3.8) is 0 Å². The van der Waals surface area contributed by atoms with Crippen LogP contribution in [0.15, 0.2) is 6.20 Å². The van der Waals surface area contributed by atoms with Crippen LogP contribution in [0.2, 0.25) is 0 Å². The van der Waals surface area contributed by atoms with Crippen LogP contribution in [0.5, 0.6) is 0 Å². The highest BCUT2D eigenvalue weighted by molar-refractivity contribution is 5.15. The van der Waals surface area contributed by atoms with Crippen molar-refractivity contribution in [2.24, 2.45) is 7.05 Å². The van der Waals surface area contributed by atoms with Crippen LogP contribution in [0.25, 0.3) is 0 Å². The van der Waals surface area contributed by atoms with Gasteiger partial charge in [0.1, 0.15) is 0 Å². The van der Waals surface area contributed by atoms with Crippen LogP contribution in [0.4, 0.5) is 0 Å². The molecular formula is C9H17N3O. The zero-order valence-electron chi connectivity index (χ0n) is 8.41. The lowest BCUT2D eigenvalue weighted by Gasteiger charge is -2.09. The van der Waals surface area contributed by atoms with Crippen molar-refractivity contribution in [1.82, 2.24) is 15.1 Å². The summed E-state index contributed by atoms with van der Waals surface area (Å²) in [6.45, 7) is 4.92. The van der Waals surface area contributed by atoms with Crippen LogP contribution in [-0.2, 0) is 13.6 Å². The van der Waals surface area contributed by atoms with Crippen molar-refractivity contribution in [3.8, 4) is 0 Å². The summed E-state index contributed by atoms with van der Waals surface area (Å²) in [5, 5.41) is 16.1. The average Bonchev–Trinajstić information content (AvgIpc) is 2.44. The molecule has 0 aliphatic rings. The first-order valence-electron chi connectivity index (χ1n) is 4.47. The van der Waals surface area contributed by atoms with Gasteiger partial charge in [-0.3, -0.25) is 4.68 Å². The van der Waals surface area contributed by atoms with Gasteiger partial charge in [0.2, 0.25) is 0 Å². The molecule has 1 atom stereocenters. The van der Waals surface area contributed by atoms with E-state index in [1.54, 1.807) is 0 Å². The SMILES string of the molecule is Cc1c(CNC(C)CO)cnn1C. The number of nitrogens with one attached hydrogen (secondary N) is 1. The molecule has 0 aliphatic heterocycles. The van der Waals surface area contributed by atoms with Crippen molar-refractivity contribution < 1.29 is 5.11 Å². The van der Waals surface area contributed by atoms with Gasteiger partial charge in [0, 0.05) is 30.9 Å². The van der Waals surface area contributed by atoms with Crippen LogP contribution in [-0.4, -0.2) is 27.5 Å². The van der Waals surface area contributed by atoms with Crippen LogP contribution in [0.3, 0.4) is 0 Å². The van der Waals surface area contributed by atoms with Gasteiger partial charge in [-0.15, -0.1) is 0 Å². The van der Waals surface area contributed by atoms with Crippen LogP contribution < -0.4 is 5.32 Å². The van der Waals surface area contributed by atoms with Gasteiger partial charge in [-0.25, -0.2) is 0 Å². The van der Waals surface area contributed by atoms with E-state index in [4.69, 9.17) is 5.11 Å². The molecule has 2 N–H and O–H groups in total. The number of hydrogen-bond acceptors (Lipinski definition) is 3. The number of hydrogen-bond donors (Lipinski definition) is 2. The summed E-state index contributed by atoms with van der Waals surface area (Å²) < 4.78 is 1.85. The maximum atomic E-state index is 8.80. The first kappa shape index (κ1) is 10.2. The quantitative estimate of drug-likeness (QED) is 0.701. The Morgan fingerprint density at radius 3 is 2.85 bits per heavy atom. The molecule has 74 valence electrons. The molecule has 1 unspecified atom stereocenters. The third kappa shape index (κ3) is 2.54. The van der Waals surface area contributed by atoms with E-state index < -0.39 is 0 Å². The fourth-order valence-corrected chi connectivity index (χ4v) is 1.07. The molecule has 0 radical (unpaired) electrons. The van der Waals surface area contributed by atoms with Gasteiger partial charge in [-0.2, -0.15) is 5.10 Å². The highest BCUT2D eigenvalue weighted by Gasteiger charge is 2.04.